The first kappa shape index (κ1) is 10.5. The molecule has 2 nitrogen and oxygen atoms in total. The van der Waals surface area contributed by atoms with E-state index in [1.807, 2.05) is 6.07 Å². The molecule has 0 aromatic heterocycles. The summed E-state index contributed by atoms with van der Waals surface area (Å²) in [5, 5.41) is 12.2. The van der Waals surface area contributed by atoms with E-state index < -0.39 is 0 Å². The highest BCUT2D eigenvalue weighted by atomic mass is 79.9. The summed E-state index contributed by atoms with van der Waals surface area (Å²) in [5.74, 6) is 0. The summed E-state index contributed by atoms with van der Waals surface area (Å²) < 4.78 is 1.11. The Balaban J connectivity index is 2.00. The van der Waals surface area contributed by atoms with Gasteiger partial charge in [-0.3, -0.25) is 0 Å². The lowest BCUT2D eigenvalue weighted by Gasteiger charge is -2.10. The van der Waals surface area contributed by atoms with Gasteiger partial charge in [0, 0.05) is 16.7 Å². The molecule has 78 valence electrons. The van der Waals surface area contributed by atoms with Crippen LogP contribution in [0.25, 0.3) is 0 Å². The van der Waals surface area contributed by atoms with Gasteiger partial charge in [0.1, 0.15) is 0 Å². The molecule has 0 radical (unpaired) electrons. The van der Waals surface area contributed by atoms with Crippen molar-refractivity contribution in [3.63, 3.8) is 0 Å². The van der Waals surface area contributed by atoms with Crippen molar-refractivity contribution >= 4 is 21.6 Å². The van der Waals surface area contributed by atoms with Crippen molar-refractivity contribution < 1.29 is 0 Å². The predicted molar refractivity (Wildman–Crippen MR) is 64.6 cm³/mol. The van der Waals surface area contributed by atoms with Crippen LogP contribution < -0.4 is 5.32 Å². The first-order valence-electron chi connectivity index (χ1n) is 5.06. The third kappa shape index (κ3) is 2.32. The molecule has 0 aliphatic heterocycles. The summed E-state index contributed by atoms with van der Waals surface area (Å²) in [6.07, 6.45) is 2.06. The predicted octanol–water partition coefficient (Wildman–Crippen LogP) is 3.47. The second-order valence-electron chi connectivity index (χ2n) is 4.21. The Labute approximate surface area is 98.4 Å². The number of nitrogens with zero attached hydrogens (tertiary/aromatic N) is 1. The molecule has 3 heteroatoms. The maximum atomic E-state index is 8.93. The molecule has 1 N–H and O–H groups in total. The number of rotatable bonds is 3. The molecule has 1 aliphatic rings. The Morgan fingerprint density at radius 2 is 2.27 bits per heavy atom. The van der Waals surface area contributed by atoms with E-state index in [9.17, 15) is 0 Å². The number of nitriles is 1. The number of aryl methyl sites for hydroxylation is 1. The summed E-state index contributed by atoms with van der Waals surface area (Å²) >= 11 is 3.49. The molecule has 0 amide bonds. The highest BCUT2D eigenvalue weighted by molar-refractivity contribution is 9.10. The van der Waals surface area contributed by atoms with Crippen molar-refractivity contribution in [3.8, 4) is 6.07 Å². The maximum absolute atomic E-state index is 8.93. The molecule has 2 rings (SSSR count). The lowest BCUT2D eigenvalue weighted by Crippen LogP contribution is -2.13. The number of hydrogen-bond acceptors (Lipinski definition) is 2. The van der Waals surface area contributed by atoms with Gasteiger partial charge in [0.2, 0.25) is 0 Å². The van der Waals surface area contributed by atoms with E-state index >= 15 is 0 Å². The van der Waals surface area contributed by atoms with Gasteiger partial charge in [-0.2, -0.15) is 5.26 Å². The van der Waals surface area contributed by atoms with Crippen molar-refractivity contribution in [2.24, 2.45) is 5.41 Å². The van der Waals surface area contributed by atoms with Crippen LogP contribution >= 0.6 is 15.9 Å². The van der Waals surface area contributed by atoms with Crippen LogP contribution in [0.3, 0.4) is 0 Å². The van der Waals surface area contributed by atoms with Crippen LogP contribution in [0.15, 0.2) is 22.7 Å². The van der Waals surface area contributed by atoms with Crippen molar-refractivity contribution in [1.29, 1.82) is 5.26 Å². The molecule has 1 aromatic carbocycles. The van der Waals surface area contributed by atoms with Gasteiger partial charge in [0.25, 0.3) is 0 Å². The average Bonchev–Trinajstić information content (AvgIpc) is 3.01. The number of benzene rings is 1. The van der Waals surface area contributed by atoms with Gasteiger partial charge in [-0.1, -0.05) is 22.0 Å². The quantitative estimate of drug-likeness (QED) is 0.908. The molecule has 1 saturated carbocycles. The van der Waals surface area contributed by atoms with Crippen LogP contribution in [0.5, 0.6) is 0 Å². The van der Waals surface area contributed by atoms with E-state index in [-0.39, 0.29) is 5.41 Å². The molecule has 0 unspecified atom stereocenters. The highest BCUT2D eigenvalue weighted by Gasteiger charge is 2.42. The molecule has 1 aliphatic carbocycles. The van der Waals surface area contributed by atoms with Gasteiger partial charge in [-0.15, -0.1) is 0 Å². The molecule has 15 heavy (non-hydrogen) atoms. The van der Waals surface area contributed by atoms with Gasteiger partial charge in [0.15, 0.2) is 0 Å². The van der Waals surface area contributed by atoms with E-state index in [4.69, 9.17) is 5.26 Å². The highest BCUT2D eigenvalue weighted by Crippen LogP contribution is 2.44. The zero-order valence-electron chi connectivity index (χ0n) is 8.68. The molecule has 0 heterocycles. The summed E-state index contributed by atoms with van der Waals surface area (Å²) in [5.41, 5.74) is 2.22. The third-order valence-corrected chi connectivity index (χ3v) is 3.75. The van der Waals surface area contributed by atoms with Crippen LogP contribution in [0.4, 0.5) is 5.69 Å². The molecule has 1 fully saturated rings. The number of nitrogens with one attached hydrogen (secondary N) is 1. The standard InChI is InChI=1S/C12H13BrN2/c1-9-2-3-10(6-11(9)13)15-8-12(7-14)4-5-12/h2-3,6,15H,4-5,8H2,1H3. The van der Waals surface area contributed by atoms with Crippen molar-refractivity contribution in [3.05, 3.63) is 28.2 Å². The smallest absolute Gasteiger partial charge is 0.0747 e. The fraction of sp³-hybridized carbons (Fsp3) is 0.417. The topological polar surface area (TPSA) is 35.8 Å². The van der Waals surface area contributed by atoms with Crippen LogP contribution in [0, 0.1) is 23.7 Å². The number of anilines is 1. The molecular formula is C12H13BrN2. The van der Waals surface area contributed by atoms with Crippen molar-refractivity contribution in [2.75, 3.05) is 11.9 Å². The SMILES string of the molecule is Cc1ccc(NCC2(C#N)CC2)cc1Br. The minimum Gasteiger partial charge on any atom is -0.383 e. The fourth-order valence-corrected chi connectivity index (χ4v) is 1.83. The van der Waals surface area contributed by atoms with Gasteiger partial charge in [-0.25, -0.2) is 0 Å². The Morgan fingerprint density at radius 3 is 2.80 bits per heavy atom. The van der Waals surface area contributed by atoms with E-state index in [1.165, 1.54) is 5.56 Å². The van der Waals surface area contributed by atoms with E-state index in [1.54, 1.807) is 0 Å². The molecule has 0 bridgehead atoms. The summed E-state index contributed by atoms with van der Waals surface area (Å²) in [6.45, 7) is 2.82. The lowest BCUT2D eigenvalue weighted by atomic mass is 10.1. The molecule has 1 aromatic rings. The largest absolute Gasteiger partial charge is 0.383 e. The zero-order valence-corrected chi connectivity index (χ0v) is 10.3. The van der Waals surface area contributed by atoms with Crippen LogP contribution in [-0.4, -0.2) is 6.54 Å². The maximum Gasteiger partial charge on any atom is 0.0747 e. The van der Waals surface area contributed by atoms with Crippen LogP contribution in [0.2, 0.25) is 0 Å². The fourth-order valence-electron chi connectivity index (χ4n) is 1.45. The minimum absolute atomic E-state index is 0.0860. The van der Waals surface area contributed by atoms with Gasteiger partial charge in [-0.05, 0) is 37.5 Å². The van der Waals surface area contributed by atoms with Gasteiger partial charge >= 0.3 is 0 Å². The van der Waals surface area contributed by atoms with Crippen molar-refractivity contribution in [1.82, 2.24) is 0 Å². The van der Waals surface area contributed by atoms with E-state index in [0.29, 0.717) is 0 Å². The molecule has 0 saturated heterocycles. The normalized spacial score (nSPS) is 16.9. The molecule has 0 atom stereocenters. The zero-order chi connectivity index (χ0) is 10.9. The van der Waals surface area contributed by atoms with Crippen molar-refractivity contribution in [2.45, 2.75) is 19.8 Å². The molecular weight excluding hydrogens is 252 g/mol. The molecule has 0 spiro atoms. The second-order valence-corrected chi connectivity index (χ2v) is 5.06. The van der Waals surface area contributed by atoms with Gasteiger partial charge in [0.05, 0.1) is 11.5 Å². The van der Waals surface area contributed by atoms with E-state index in [0.717, 1.165) is 29.5 Å². The minimum atomic E-state index is -0.0860. The first-order chi connectivity index (χ1) is 7.15. The lowest BCUT2D eigenvalue weighted by molar-refractivity contribution is 0.711. The Bertz CT molecular complexity index is 416. The summed E-state index contributed by atoms with van der Waals surface area (Å²) in [6, 6.07) is 8.55. The third-order valence-electron chi connectivity index (χ3n) is 2.89. The summed E-state index contributed by atoms with van der Waals surface area (Å²) in [7, 11) is 0. The Hall–Kier alpha value is -1.01. The van der Waals surface area contributed by atoms with Crippen LogP contribution in [-0.2, 0) is 0 Å². The average molecular weight is 265 g/mol. The van der Waals surface area contributed by atoms with E-state index in [2.05, 4.69) is 46.4 Å². The Kier molecular flexibility index (Phi) is 2.70. The Morgan fingerprint density at radius 1 is 1.53 bits per heavy atom. The monoisotopic (exact) mass is 264 g/mol. The number of halogens is 1. The first-order valence-corrected chi connectivity index (χ1v) is 5.86. The second kappa shape index (κ2) is 3.86. The summed E-state index contributed by atoms with van der Waals surface area (Å²) in [4.78, 5) is 0. The number of hydrogen-bond donors (Lipinski definition) is 1. The van der Waals surface area contributed by atoms with Crippen LogP contribution in [0.1, 0.15) is 18.4 Å². The van der Waals surface area contributed by atoms with Gasteiger partial charge < -0.3 is 5.32 Å².